The average molecular weight is 415 g/mol. The van der Waals surface area contributed by atoms with Gasteiger partial charge in [-0.1, -0.05) is 103 Å². The van der Waals surface area contributed by atoms with Crippen molar-refractivity contribution >= 4 is 17.9 Å². The van der Waals surface area contributed by atoms with E-state index in [0.29, 0.717) is 5.57 Å². The quantitative estimate of drug-likeness (QED) is 0.478. The molecule has 1 aliphatic rings. The lowest BCUT2D eigenvalue weighted by molar-refractivity contribution is -0.118. The van der Waals surface area contributed by atoms with Gasteiger partial charge in [0.1, 0.15) is 0 Å². The van der Waals surface area contributed by atoms with Crippen LogP contribution in [0.3, 0.4) is 0 Å². The van der Waals surface area contributed by atoms with Crippen LogP contribution >= 0.6 is 0 Å². The molecule has 0 radical (unpaired) electrons. The molecule has 2 atom stereocenters. The van der Waals surface area contributed by atoms with Gasteiger partial charge in [0.2, 0.25) is 0 Å². The largest absolute Gasteiger partial charge is 0.295 e. The van der Waals surface area contributed by atoms with E-state index in [1.807, 2.05) is 109 Å². The number of nitriles is 2. The SMILES string of the molecule is N#CC1(C#N)[C@H](/C=C/c2ccccc2)/C(=C\c2ccccc2)C(=O)C[C@H]1c1ccccc1. The zero-order valence-electron chi connectivity index (χ0n) is 17.6. The van der Waals surface area contributed by atoms with Crippen LogP contribution < -0.4 is 0 Å². The van der Waals surface area contributed by atoms with Gasteiger partial charge in [-0.2, -0.15) is 10.5 Å². The lowest BCUT2D eigenvalue weighted by Crippen LogP contribution is -2.42. The standard InChI is InChI=1S/C29H22N2O/c30-20-29(21-31)26(17-16-22-10-4-1-5-11-22)25(18-23-12-6-2-7-13-23)28(32)19-27(29)24-14-8-3-9-15-24/h1-18,26-27H,19H2/b17-16+,25-18+/t26-,27+/m1/s1. The van der Waals surface area contributed by atoms with E-state index in [1.165, 1.54) is 0 Å². The second-order valence-electron chi connectivity index (χ2n) is 7.94. The Hall–Kier alpha value is -4.21. The maximum absolute atomic E-state index is 13.4. The molecular weight excluding hydrogens is 392 g/mol. The molecule has 32 heavy (non-hydrogen) atoms. The fourth-order valence-corrected chi connectivity index (χ4v) is 4.41. The number of benzene rings is 3. The molecule has 0 saturated heterocycles. The predicted molar refractivity (Wildman–Crippen MR) is 126 cm³/mol. The number of allylic oxidation sites excluding steroid dienone is 2. The van der Waals surface area contributed by atoms with Crippen molar-refractivity contribution in [2.75, 3.05) is 0 Å². The average Bonchev–Trinajstić information content (AvgIpc) is 2.86. The van der Waals surface area contributed by atoms with E-state index in [4.69, 9.17) is 0 Å². The third-order valence-electron chi connectivity index (χ3n) is 6.06. The maximum Gasteiger partial charge on any atom is 0.161 e. The highest BCUT2D eigenvalue weighted by molar-refractivity contribution is 6.02. The van der Waals surface area contributed by atoms with Crippen LogP contribution in [0.15, 0.2) is 103 Å². The van der Waals surface area contributed by atoms with Crippen molar-refractivity contribution in [1.82, 2.24) is 0 Å². The van der Waals surface area contributed by atoms with E-state index in [-0.39, 0.29) is 12.2 Å². The summed E-state index contributed by atoms with van der Waals surface area (Å²) in [4.78, 5) is 13.4. The van der Waals surface area contributed by atoms with Crippen molar-refractivity contribution < 1.29 is 4.79 Å². The number of carbonyl (C=O) groups excluding carboxylic acids is 1. The van der Waals surface area contributed by atoms with Crippen LogP contribution in [0.5, 0.6) is 0 Å². The van der Waals surface area contributed by atoms with E-state index in [0.717, 1.165) is 16.7 Å². The molecule has 0 unspecified atom stereocenters. The molecule has 0 aliphatic heterocycles. The van der Waals surface area contributed by atoms with Crippen LogP contribution in [0.4, 0.5) is 0 Å². The summed E-state index contributed by atoms with van der Waals surface area (Å²) in [5.41, 5.74) is 1.75. The van der Waals surface area contributed by atoms with Crippen molar-refractivity contribution in [3.63, 3.8) is 0 Å². The molecule has 0 N–H and O–H groups in total. The minimum Gasteiger partial charge on any atom is -0.295 e. The third-order valence-corrected chi connectivity index (χ3v) is 6.06. The number of rotatable bonds is 4. The number of hydrogen-bond acceptors (Lipinski definition) is 3. The highest BCUT2D eigenvalue weighted by Gasteiger charge is 2.53. The van der Waals surface area contributed by atoms with Gasteiger partial charge >= 0.3 is 0 Å². The molecule has 1 aliphatic carbocycles. The van der Waals surface area contributed by atoms with Crippen LogP contribution in [0.2, 0.25) is 0 Å². The minimum absolute atomic E-state index is 0.0356. The van der Waals surface area contributed by atoms with Crippen LogP contribution in [-0.2, 0) is 4.79 Å². The highest BCUT2D eigenvalue weighted by Crippen LogP contribution is 2.52. The molecule has 4 rings (SSSR count). The maximum atomic E-state index is 13.4. The van der Waals surface area contributed by atoms with Crippen molar-refractivity contribution in [3.8, 4) is 12.1 Å². The molecular formula is C29H22N2O. The molecule has 1 saturated carbocycles. The molecule has 3 aromatic rings. The Morgan fingerprint density at radius 2 is 1.31 bits per heavy atom. The Morgan fingerprint density at radius 1 is 0.781 bits per heavy atom. The molecule has 0 spiro atoms. The molecule has 3 nitrogen and oxygen atoms in total. The van der Waals surface area contributed by atoms with E-state index < -0.39 is 17.3 Å². The molecule has 0 bridgehead atoms. The first kappa shape index (κ1) is 21.0. The molecule has 0 aromatic heterocycles. The lowest BCUT2D eigenvalue weighted by Gasteiger charge is -2.40. The predicted octanol–water partition coefficient (Wildman–Crippen LogP) is 6.19. The second kappa shape index (κ2) is 9.29. The van der Waals surface area contributed by atoms with Crippen molar-refractivity contribution in [3.05, 3.63) is 119 Å². The summed E-state index contributed by atoms with van der Waals surface area (Å²) in [7, 11) is 0. The van der Waals surface area contributed by atoms with Crippen LogP contribution in [0.25, 0.3) is 12.2 Å². The Labute approximate surface area is 188 Å². The Morgan fingerprint density at radius 3 is 1.88 bits per heavy atom. The van der Waals surface area contributed by atoms with Gasteiger partial charge in [-0.25, -0.2) is 0 Å². The van der Waals surface area contributed by atoms with Gasteiger partial charge in [0.25, 0.3) is 0 Å². The van der Waals surface area contributed by atoms with E-state index in [2.05, 4.69) is 12.1 Å². The fraction of sp³-hybridized carbons (Fsp3) is 0.138. The van der Waals surface area contributed by atoms with Gasteiger partial charge in [-0.05, 0) is 22.8 Å². The lowest BCUT2D eigenvalue weighted by atomic mass is 9.57. The van der Waals surface area contributed by atoms with Crippen LogP contribution in [0, 0.1) is 34.0 Å². The van der Waals surface area contributed by atoms with Gasteiger partial charge in [0.05, 0.1) is 12.1 Å². The van der Waals surface area contributed by atoms with Crippen molar-refractivity contribution in [1.29, 1.82) is 10.5 Å². The normalized spacial score (nSPS) is 21.2. The van der Waals surface area contributed by atoms with Gasteiger partial charge in [0.15, 0.2) is 11.2 Å². The molecule has 154 valence electrons. The van der Waals surface area contributed by atoms with Gasteiger partial charge in [0, 0.05) is 23.8 Å². The Balaban J connectivity index is 1.89. The monoisotopic (exact) mass is 414 g/mol. The van der Waals surface area contributed by atoms with E-state index in [9.17, 15) is 15.3 Å². The summed E-state index contributed by atoms with van der Waals surface area (Å²) in [6.45, 7) is 0. The molecule has 0 amide bonds. The van der Waals surface area contributed by atoms with Crippen LogP contribution in [-0.4, -0.2) is 5.78 Å². The van der Waals surface area contributed by atoms with Crippen LogP contribution in [0.1, 0.15) is 29.0 Å². The van der Waals surface area contributed by atoms with Crippen molar-refractivity contribution in [2.45, 2.75) is 12.3 Å². The topological polar surface area (TPSA) is 64.7 Å². The fourth-order valence-electron chi connectivity index (χ4n) is 4.41. The molecule has 3 heteroatoms. The number of hydrogen-bond donors (Lipinski definition) is 0. The summed E-state index contributed by atoms with van der Waals surface area (Å²) in [6, 6.07) is 33.4. The Kier molecular flexibility index (Phi) is 6.11. The third kappa shape index (κ3) is 4.02. The summed E-state index contributed by atoms with van der Waals surface area (Å²) >= 11 is 0. The zero-order chi connectivity index (χ0) is 22.4. The summed E-state index contributed by atoms with van der Waals surface area (Å²) in [6.07, 6.45) is 5.70. The number of Topliss-reactive ketones (excluding diaryl/α,β-unsaturated/α-hetero) is 1. The minimum atomic E-state index is -1.40. The highest BCUT2D eigenvalue weighted by atomic mass is 16.1. The van der Waals surface area contributed by atoms with Gasteiger partial charge in [-0.3, -0.25) is 4.79 Å². The van der Waals surface area contributed by atoms with Gasteiger partial charge in [-0.15, -0.1) is 0 Å². The first-order valence-corrected chi connectivity index (χ1v) is 10.6. The summed E-state index contributed by atoms with van der Waals surface area (Å²) in [5.74, 6) is -1.21. The van der Waals surface area contributed by atoms with E-state index in [1.54, 1.807) is 0 Å². The molecule has 1 fully saturated rings. The van der Waals surface area contributed by atoms with Gasteiger partial charge < -0.3 is 0 Å². The first-order valence-electron chi connectivity index (χ1n) is 10.6. The number of nitrogens with zero attached hydrogens (tertiary/aromatic N) is 2. The zero-order valence-corrected chi connectivity index (χ0v) is 17.6. The van der Waals surface area contributed by atoms with E-state index >= 15 is 0 Å². The summed E-state index contributed by atoms with van der Waals surface area (Å²) in [5, 5.41) is 20.7. The summed E-state index contributed by atoms with van der Waals surface area (Å²) < 4.78 is 0. The number of carbonyl (C=O) groups is 1. The molecule has 0 heterocycles. The number of ketones is 1. The Bertz CT molecular complexity index is 1220. The smallest absolute Gasteiger partial charge is 0.161 e. The second-order valence-corrected chi connectivity index (χ2v) is 7.94. The first-order chi connectivity index (χ1) is 15.7. The molecule has 3 aromatic carbocycles. The van der Waals surface area contributed by atoms with Crippen molar-refractivity contribution in [2.24, 2.45) is 11.3 Å².